The lowest BCUT2D eigenvalue weighted by Gasteiger charge is -2.26. The van der Waals surface area contributed by atoms with Crippen molar-refractivity contribution in [2.45, 2.75) is 44.8 Å². The fourth-order valence-corrected chi connectivity index (χ4v) is 3.69. The number of aliphatic hydroxyl groups is 1. The molecule has 1 saturated heterocycles. The molecule has 5 nitrogen and oxygen atoms in total. The Labute approximate surface area is 165 Å². The Morgan fingerprint density at radius 2 is 1.71 bits per heavy atom. The number of carbonyl (C=O) groups excluding carboxylic acids is 2. The van der Waals surface area contributed by atoms with Gasteiger partial charge in [0.25, 0.3) is 0 Å². The van der Waals surface area contributed by atoms with Crippen LogP contribution in [0.15, 0.2) is 60.7 Å². The minimum atomic E-state index is -0.825. The van der Waals surface area contributed by atoms with Crippen LogP contribution >= 0.6 is 0 Å². The molecule has 28 heavy (non-hydrogen) atoms. The van der Waals surface area contributed by atoms with Crippen molar-refractivity contribution in [3.63, 3.8) is 0 Å². The van der Waals surface area contributed by atoms with Gasteiger partial charge in [0.1, 0.15) is 6.61 Å². The topological polar surface area (TPSA) is 66.8 Å². The maximum atomic E-state index is 13.1. The summed E-state index contributed by atoms with van der Waals surface area (Å²) in [5, 5.41) is 10.2. The summed E-state index contributed by atoms with van der Waals surface area (Å²) in [6.07, 6.45) is 1.23. The van der Waals surface area contributed by atoms with Crippen molar-refractivity contribution in [3.05, 3.63) is 71.8 Å². The second-order valence-electron chi connectivity index (χ2n) is 7.35. The van der Waals surface area contributed by atoms with Gasteiger partial charge in [0.15, 0.2) is 0 Å². The zero-order valence-electron chi connectivity index (χ0n) is 16.2. The molecule has 1 aliphatic rings. The molecule has 1 aliphatic heterocycles. The average Bonchev–Trinajstić information content (AvgIpc) is 3.06. The minimum absolute atomic E-state index is 0.190. The van der Waals surface area contributed by atoms with E-state index in [1.807, 2.05) is 60.7 Å². The van der Waals surface area contributed by atoms with Gasteiger partial charge in [-0.3, -0.25) is 4.79 Å². The number of benzene rings is 2. The van der Waals surface area contributed by atoms with Crippen molar-refractivity contribution in [1.29, 1.82) is 0 Å². The van der Waals surface area contributed by atoms with E-state index in [4.69, 9.17) is 4.74 Å². The number of hydrogen-bond donors (Lipinski definition) is 1. The number of imide groups is 1. The van der Waals surface area contributed by atoms with Crippen molar-refractivity contribution in [2.24, 2.45) is 5.92 Å². The normalized spacial score (nSPS) is 18.6. The first-order valence-electron chi connectivity index (χ1n) is 9.82. The summed E-state index contributed by atoms with van der Waals surface area (Å²) in [7, 11) is 0. The molecule has 1 heterocycles. The number of carbonyl (C=O) groups is 2. The van der Waals surface area contributed by atoms with Gasteiger partial charge in [-0.2, -0.15) is 0 Å². The van der Waals surface area contributed by atoms with Crippen molar-refractivity contribution in [3.8, 4) is 0 Å². The zero-order valence-corrected chi connectivity index (χ0v) is 16.2. The van der Waals surface area contributed by atoms with Crippen LogP contribution in [0.2, 0.25) is 0 Å². The Hall–Kier alpha value is -2.66. The zero-order chi connectivity index (χ0) is 19.9. The number of nitrogens with zero attached hydrogens (tertiary/aromatic N) is 1. The van der Waals surface area contributed by atoms with Crippen LogP contribution in [0.25, 0.3) is 0 Å². The third kappa shape index (κ3) is 4.98. The first kappa shape index (κ1) is 20.1. The molecule has 2 aromatic rings. The first-order chi connectivity index (χ1) is 13.6. The molecule has 3 rings (SSSR count). The highest BCUT2D eigenvalue weighted by Gasteiger charge is 2.41. The van der Waals surface area contributed by atoms with E-state index in [1.54, 1.807) is 6.92 Å². The summed E-state index contributed by atoms with van der Waals surface area (Å²) >= 11 is 0. The van der Waals surface area contributed by atoms with Crippen LogP contribution < -0.4 is 0 Å². The molecular formula is C23H27NO4. The van der Waals surface area contributed by atoms with Gasteiger partial charge in [-0.05, 0) is 43.7 Å². The van der Waals surface area contributed by atoms with Gasteiger partial charge in [0, 0.05) is 0 Å². The standard InChI is InChI=1S/C23H27NO4/c1-17(25)21(14-8-13-18-9-4-2-5-10-18)22(26)24-20(16-28-23(24)27)15-19-11-6-3-7-12-19/h2-7,9-12,17,20-21,25H,8,13-16H2,1H3/t17-,20+,21+/m0/s1. The summed E-state index contributed by atoms with van der Waals surface area (Å²) in [6, 6.07) is 19.4. The molecule has 0 aromatic heterocycles. The summed E-state index contributed by atoms with van der Waals surface area (Å²) < 4.78 is 5.16. The highest BCUT2D eigenvalue weighted by Crippen LogP contribution is 2.24. The first-order valence-corrected chi connectivity index (χ1v) is 9.82. The van der Waals surface area contributed by atoms with E-state index in [1.165, 1.54) is 10.5 Å². The van der Waals surface area contributed by atoms with E-state index in [0.29, 0.717) is 12.8 Å². The third-order valence-corrected chi connectivity index (χ3v) is 5.24. The molecule has 5 heteroatoms. The molecule has 2 amide bonds. The molecule has 0 bridgehead atoms. The van der Waals surface area contributed by atoms with Gasteiger partial charge < -0.3 is 9.84 Å². The molecule has 0 saturated carbocycles. The van der Waals surface area contributed by atoms with E-state index < -0.39 is 18.1 Å². The Bertz CT molecular complexity index is 776. The van der Waals surface area contributed by atoms with E-state index >= 15 is 0 Å². The molecular weight excluding hydrogens is 354 g/mol. The van der Waals surface area contributed by atoms with Crippen LogP contribution in [0.5, 0.6) is 0 Å². The average molecular weight is 381 g/mol. The number of aliphatic hydroxyl groups excluding tert-OH is 1. The Morgan fingerprint density at radius 3 is 2.32 bits per heavy atom. The van der Waals surface area contributed by atoms with E-state index in [0.717, 1.165) is 18.4 Å². The number of ether oxygens (including phenoxy) is 1. The van der Waals surface area contributed by atoms with E-state index in [2.05, 4.69) is 0 Å². The summed E-state index contributed by atoms with van der Waals surface area (Å²) in [5.41, 5.74) is 2.24. The minimum Gasteiger partial charge on any atom is -0.447 e. The Morgan fingerprint density at radius 1 is 1.11 bits per heavy atom. The lowest BCUT2D eigenvalue weighted by molar-refractivity contribution is -0.137. The highest BCUT2D eigenvalue weighted by atomic mass is 16.6. The SMILES string of the molecule is C[C@H](O)[C@@H](CCCc1ccccc1)C(=O)N1C(=O)OC[C@H]1Cc1ccccc1. The molecule has 0 aliphatic carbocycles. The fourth-order valence-electron chi connectivity index (χ4n) is 3.69. The van der Waals surface area contributed by atoms with Gasteiger partial charge in [-0.15, -0.1) is 0 Å². The number of rotatable bonds is 8. The quantitative estimate of drug-likeness (QED) is 0.759. The summed E-state index contributed by atoms with van der Waals surface area (Å²) in [5.74, 6) is -0.959. The monoisotopic (exact) mass is 381 g/mol. The smallest absolute Gasteiger partial charge is 0.416 e. The Balaban J connectivity index is 1.65. The van der Waals surface area contributed by atoms with Crippen LogP contribution in [-0.2, 0) is 22.4 Å². The van der Waals surface area contributed by atoms with Crippen LogP contribution in [-0.4, -0.2) is 40.8 Å². The summed E-state index contributed by atoms with van der Waals surface area (Å²) in [6.45, 7) is 1.80. The lowest BCUT2D eigenvalue weighted by atomic mass is 9.93. The van der Waals surface area contributed by atoms with Crippen molar-refractivity contribution in [1.82, 2.24) is 4.90 Å². The van der Waals surface area contributed by atoms with Gasteiger partial charge >= 0.3 is 6.09 Å². The Kier molecular flexibility index (Phi) is 6.82. The second kappa shape index (κ2) is 9.51. The highest BCUT2D eigenvalue weighted by molar-refractivity contribution is 5.95. The van der Waals surface area contributed by atoms with Gasteiger partial charge in [0.05, 0.1) is 18.1 Å². The predicted molar refractivity (Wildman–Crippen MR) is 107 cm³/mol. The molecule has 0 spiro atoms. The van der Waals surface area contributed by atoms with Crippen LogP contribution in [0.3, 0.4) is 0 Å². The number of aryl methyl sites for hydroxylation is 1. The predicted octanol–water partition coefficient (Wildman–Crippen LogP) is 3.60. The van der Waals surface area contributed by atoms with Crippen molar-refractivity contribution >= 4 is 12.0 Å². The number of cyclic esters (lactones) is 1. The number of hydrogen-bond acceptors (Lipinski definition) is 4. The van der Waals surface area contributed by atoms with Gasteiger partial charge in [0.2, 0.25) is 5.91 Å². The van der Waals surface area contributed by atoms with E-state index in [-0.39, 0.29) is 18.6 Å². The van der Waals surface area contributed by atoms with Crippen LogP contribution in [0.1, 0.15) is 30.9 Å². The molecule has 1 fully saturated rings. The van der Waals surface area contributed by atoms with Crippen LogP contribution in [0, 0.1) is 5.92 Å². The van der Waals surface area contributed by atoms with E-state index in [9.17, 15) is 14.7 Å². The number of amides is 2. The molecule has 148 valence electrons. The molecule has 0 radical (unpaired) electrons. The lowest BCUT2D eigenvalue weighted by Crippen LogP contribution is -2.46. The maximum Gasteiger partial charge on any atom is 0.416 e. The summed E-state index contributed by atoms with van der Waals surface area (Å²) in [4.78, 5) is 26.6. The van der Waals surface area contributed by atoms with Crippen LogP contribution in [0.4, 0.5) is 4.79 Å². The van der Waals surface area contributed by atoms with Gasteiger partial charge in [-0.25, -0.2) is 9.69 Å². The molecule has 1 N–H and O–H groups in total. The molecule has 3 atom stereocenters. The van der Waals surface area contributed by atoms with Crippen molar-refractivity contribution in [2.75, 3.05) is 6.61 Å². The fraction of sp³-hybridized carbons (Fsp3) is 0.391. The van der Waals surface area contributed by atoms with Crippen molar-refractivity contribution < 1.29 is 19.4 Å². The molecule has 0 unspecified atom stereocenters. The third-order valence-electron chi connectivity index (χ3n) is 5.24. The molecule has 2 aromatic carbocycles. The maximum absolute atomic E-state index is 13.1. The second-order valence-corrected chi connectivity index (χ2v) is 7.35. The largest absolute Gasteiger partial charge is 0.447 e. The van der Waals surface area contributed by atoms with Gasteiger partial charge in [-0.1, -0.05) is 60.7 Å².